The molecule has 3 aromatic rings. The van der Waals surface area contributed by atoms with Crippen molar-refractivity contribution in [3.63, 3.8) is 0 Å². The standard InChI is InChI=1S/C28H30N2O5/c31-23-24(32)26(34-22-18-33-28(35-25(22)23)19-10-4-1-5-11-19)27-29(20-12-6-2-7-13-20)16-17-30(27)21-14-8-3-9-15-21/h1-15,22-28,31-32H,16-18H2/t22-,23-,24-,25-,26-,28-/m1/s1. The summed E-state index contributed by atoms with van der Waals surface area (Å²) in [6.45, 7) is 1.81. The van der Waals surface area contributed by atoms with Gasteiger partial charge in [-0.1, -0.05) is 66.7 Å². The minimum atomic E-state index is -1.13. The van der Waals surface area contributed by atoms with Gasteiger partial charge in [-0.3, -0.25) is 0 Å². The first-order valence-corrected chi connectivity index (χ1v) is 12.2. The van der Waals surface area contributed by atoms with Crippen molar-refractivity contribution in [3.8, 4) is 0 Å². The Bertz CT molecular complexity index is 1050. The summed E-state index contributed by atoms with van der Waals surface area (Å²) in [5.74, 6) is 0. The van der Waals surface area contributed by atoms with Crippen LogP contribution < -0.4 is 9.80 Å². The molecule has 3 aliphatic rings. The Labute approximate surface area is 205 Å². The van der Waals surface area contributed by atoms with Crippen molar-refractivity contribution < 1.29 is 24.4 Å². The van der Waals surface area contributed by atoms with E-state index in [9.17, 15) is 10.2 Å². The number of benzene rings is 3. The quantitative estimate of drug-likeness (QED) is 0.602. The minimum Gasteiger partial charge on any atom is -0.387 e. The molecule has 0 aliphatic carbocycles. The number of fused-ring (bicyclic) bond motifs is 1. The SMILES string of the molecule is O[C@@H]1[C@@H](O)[C@H](C2N(c3ccccc3)CCN2c2ccccc2)O[C@@H]2CO[C@@H](c3ccccc3)O[C@@H]12. The molecule has 3 heterocycles. The molecule has 3 saturated heterocycles. The number of hydrogen-bond acceptors (Lipinski definition) is 7. The molecule has 3 aromatic carbocycles. The van der Waals surface area contributed by atoms with E-state index in [-0.39, 0.29) is 12.8 Å². The van der Waals surface area contributed by atoms with Gasteiger partial charge in [0.1, 0.15) is 36.7 Å². The molecule has 0 saturated carbocycles. The van der Waals surface area contributed by atoms with Crippen LogP contribution in [0.3, 0.4) is 0 Å². The molecule has 35 heavy (non-hydrogen) atoms. The van der Waals surface area contributed by atoms with Crippen LogP contribution in [0.2, 0.25) is 0 Å². The van der Waals surface area contributed by atoms with Crippen LogP contribution in [0.15, 0.2) is 91.0 Å². The zero-order chi connectivity index (χ0) is 23.8. The first-order chi connectivity index (χ1) is 17.2. The molecule has 0 unspecified atom stereocenters. The maximum Gasteiger partial charge on any atom is 0.184 e. The predicted octanol–water partition coefficient (Wildman–Crippen LogP) is 2.94. The van der Waals surface area contributed by atoms with E-state index in [0.717, 1.165) is 30.0 Å². The Morgan fingerprint density at radius 3 is 1.71 bits per heavy atom. The van der Waals surface area contributed by atoms with Crippen molar-refractivity contribution in [1.82, 2.24) is 0 Å². The monoisotopic (exact) mass is 474 g/mol. The Kier molecular flexibility index (Phi) is 6.18. The van der Waals surface area contributed by atoms with E-state index in [2.05, 4.69) is 34.1 Å². The fraction of sp³-hybridized carbons (Fsp3) is 0.357. The minimum absolute atomic E-state index is 0.272. The molecule has 0 aromatic heterocycles. The second-order valence-electron chi connectivity index (χ2n) is 9.27. The van der Waals surface area contributed by atoms with Crippen molar-refractivity contribution >= 4 is 11.4 Å². The van der Waals surface area contributed by atoms with Crippen LogP contribution in [0.4, 0.5) is 11.4 Å². The van der Waals surface area contributed by atoms with Crippen molar-refractivity contribution in [2.45, 2.75) is 43.0 Å². The summed E-state index contributed by atoms with van der Waals surface area (Å²) in [7, 11) is 0. The lowest BCUT2D eigenvalue weighted by atomic mass is 9.92. The molecule has 2 N–H and O–H groups in total. The van der Waals surface area contributed by atoms with E-state index in [4.69, 9.17) is 14.2 Å². The number of rotatable bonds is 4. The highest BCUT2D eigenvalue weighted by Gasteiger charge is 2.54. The summed E-state index contributed by atoms with van der Waals surface area (Å²) in [5.41, 5.74) is 2.96. The summed E-state index contributed by atoms with van der Waals surface area (Å²) in [5, 5.41) is 22.6. The smallest absolute Gasteiger partial charge is 0.184 e. The van der Waals surface area contributed by atoms with Gasteiger partial charge in [0.2, 0.25) is 0 Å². The molecule has 6 atom stereocenters. The van der Waals surface area contributed by atoms with Gasteiger partial charge < -0.3 is 34.2 Å². The van der Waals surface area contributed by atoms with Crippen LogP contribution in [0, 0.1) is 0 Å². The molecule has 7 heteroatoms. The number of para-hydroxylation sites is 2. The van der Waals surface area contributed by atoms with Gasteiger partial charge in [-0.25, -0.2) is 0 Å². The highest BCUT2D eigenvalue weighted by Crippen LogP contribution is 2.39. The normalized spacial score (nSPS) is 31.4. The van der Waals surface area contributed by atoms with E-state index >= 15 is 0 Å². The van der Waals surface area contributed by atoms with E-state index < -0.39 is 36.8 Å². The first-order valence-electron chi connectivity index (χ1n) is 12.2. The molecular formula is C28H30N2O5. The Morgan fingerprint density at radius 2 is 1.14 bits per heavy atom. The molecule has 0 radical (unpaired) electrons. The Hall–Kier alpha value is -2.94. The number of nitrogens with zero attached hydrogens (tertiary/aromatic N) is 2. The van der Waals surface area contributed by atoms with Crippen LogP contribution in [-0.2, 0) is 14.2 Å². The fourth-order valence-electron chi connectivity index (χ4n) is 5.47. The number of aliphatic hydroxyl groups excluding tert-OH is 2. The van der Waals surface area contributed by atoms with Crippen molar-refractivity contribution in [1.29, 1.82) is 0 Å². The predicted molar refractivity (Wildman–Crippen MR) is 132 cm³/mol. The van der Waals surface area contributed by atoms with Gasteiger partial charge in [-0.2, -0.15) is 0 Å². The van der Waals surface area contributed by atoms with Crippen molar-refractivity contribution in [3.05, 3.63) is 96.6 Å². The lowest BCUT2D eigenvalue weighted by Crippen LogP contribution is -2.67. The van der Waals surface area contributed by atoms with Crippen LogP contribution in [0.5, 0.6) is 0 Å². The molecule has 0 amide bonds. The van der Waals surface area contributed by atoms with Gasteiger partial charge in [0.15, 0.2) is 6.29 Å². The van der Waals surface area contributed by atoms with Gasteiger partial charge in [0.05, 0.1) is 6.61 Å². The summed E-state index contributed by atoms with van der Waals surface area (Å²) >= 11 is 0. The van der Waals surface area contributed by atoms with Gasteiger partial charge in [-0.15, -0.1) is 0 Å². The average Bonchev–Trinajstić information content (AvgIpc) is 3.37. The second-order valence-corrected chi connectivity index (χ2v) is 9.27. The molecule has 182 valence electrons. The third kappa shape index (κ3) is 4.20. The lowest BCUT2D eigenvalue weighted by molar-refractivity contribution is -0.329. The second kappa shape index (κ2) is 9.60. The van der Waals surface area contributed by atoms with E-state index in [1.54, 1.807) is 0 Å². The molecular weight excluding hydrogens is 444 g/mol. The average molecular weight is 475 g/mol. The third-order valence-corrected chi connectivity index (χ3v) is 7.18. The highest BCUT2D eigenvalue weighted by molar-refractivity contribution is 5.57. The molecule has 0 spiro atoms. The third-order valence-electron chi connectivity index (χ3n) is 7.18. The van der Waals surface area contributed by atoms with E-state index in [1.807, 2.05) is 66.7 Å². The largest absolute Gasteiger partial charge is 0.387 e. The summed E-state index contributed by atoms with van der Waals surface area (Å²) in [6.07, 6.45) is -5.00. The topological polar surface area (TPSA) is 74.6 Å². The maximum absolute atomic E-state index is 11.4. The number of ether oxygens (including phenoxy) is 3. The first kappa shape index (κ1) is 22.5. The van der Waals surface area contributed by atoms with Crippen LogP contribution in [0.1, 0.15) is 11.9 Å². The van der Waals surface area contributed by atoms with Gasteiger partial charge in [0.25, 0.3) is 0 Å². The maximum atomic E-state index is 11.4. The molecule has 3 fully saturated rings. The zero-order valence-electron chi connectivity index (χ0n) is 19.3. The number of aliphatic hydroxyl groups is 2. The van der Waals surface area contributed by atoms with Gasteiger partial charge in [-0.05, 0) is 24.3 Å². The fourth-order valence-corrected chi connectivity index (χ4v) is 5.47. The van der Waals surface area contributed by atoms with Crippen LogP contribution in [-0.4, -0.2) is 66.6 Å². The summed E-state index contributed by atoms with van der Waals surface area (Å²) in [6, 6.07) is 29.9. The zero-order valence-corrected chi connectivity index (χ0v) is 19.3. The molecule has 3 aliphatic heterocycles. The van der Waals surface area contributed by atoms with Gasteiger partial charge in [0, 0.05) is 30.0 Å². The molecule has 0 bridgehead atoms. The van der Waals surface area contributed by atoms with Gasteiger partial charge >= 0.3 is 0 Å². The Balaban J connectivity index is 1.29. The lowest BCUT2D eigenvalue weighted by Gasteiger charge is -2.50. The number of hydrogen-bond donors (Lipinski definition) is 2. The van der Waals surface area contributed by atoms with E-state index in [0.29, 0.717) is 0 Å². The number of anilines is 2. The van der Waals surface area contributed by atoms with E-state index in [1.165, 1.54) is 0 Å². The molecule has 6 rings (SSSR count). The summed E-state index contributed by atoms with van der Waals surface area (Å²) < 4.78 is 18.6. The van der Waals surface area contributed by atoms with Crippen molar-refractivity contribution in [2.24, 2.45) is 0 Å². The van der Waals surface area contributed by atoms with Crippen LogP contribution in [0.25, 0.3) is 0 Å². The van der Waals surface area contributed by atoms with Crippen molar-refractivity contribution in [2.75, 3.05) is 29.5 Å². The van der Waals surface area contributed by atoms with Crippen LogP contribution >= 0.6 is 0 Å². The highest BCUT2D eigenvalue weighted by atomic mass is 16.7. The molecule has 7 nitrogen and oxygen atoms in total. The Morgan fingerprint density at radius 1 is 0.629 bits per heavy atom. The summed E-state index contributed by atoms with van der Waals surface area (Å²) in [4.78, 5) is 4.48.